The van der Waals surface area contributed by atoms with Crippen LogP contribution in [0.3, 0.4) is 0 Å². The second-order valence-electron chi connectivity index (χ2n) is 10.4. The first-order valence-electron chi connectivity index (χ1n) is 13.9. The standard InChI is InChI=1S/C37H30N2O3/c1-26-18-20-29(21-19-26)36(40)33-17-9-23-38(33)22-8-13-27-12-7-14-30(24-27)34-31-15-5-6-16-32(31)39(35(34)37(41)42)25-28-10-3-2-4-11-28/h2-21,23-24H,22,25H2,1H3,(H,41,42)/b13-8+. The zero-order valence-corrected chi connectivity index (χ0v) is 23.3. The molecule has 0 aliphatic heterocycles. The minimum Gasteiger partial charge on any atom is -0.477 e. The van der Waals surface area contributed by atoms with E-state index in [1.54, 1.807) is 0 Å². The Morgan fingerprint density at radius 1 is 0.810 bits per heavy atom. The van der Waals surface area contributed by atoms with Gasteiger partial charge in [0.1, 0.15) is 5.69 Å². The van der Waals surface area contributed by atoms with Gasteiger partial charge in [0, 0.05) is 41.3 Å². The number of carboxylic acids is 1. The smallest absolute Gasteiger partial charge is 0.353 e. The normalized spacial score (nSPS) is 11.4. The van der Waals surface area contributed by atoms with Crippen LogP contribution in [0.25, 0.3) is 28.1 Å². The maximum Gasteiger partial charge on any atom is 0.353 e. The molecule has 206 valence electrons. The first-order chi connectivity index (χ1) is 20.5. The van der Waals surface area contributed by atoms with Crippen LogP contribution in [0.2, 0.25) is 0 Å². The SMILES string of the molecule is Cc1ccc(C(=O)c2cccn2C/C=C/c2cccc(-c3c(C(=O)O)n(Cc4ccccc4)c4ccccc34)c2)cc1. The van der Waals surface area contributed by atoms with Crippen molar-refractivity contribution < 1.29 is 14.7 Å². The number of carbonyl (C=O) groups excluding carboxylic acids is 1. The van der Waals surface area contributed by atoms with E-state index in [0.717, 1.165) is 33.2 Å². The predicted molar refractivity (Wildman–Crippen MR) is 168 cm³/mol. The number of aromatic nitrogens is 2. The third-order valence-electron chi connectivity index (χ3n) is 7.52. The van der Waals surface area contributed by atoms with E-state index in [0.29, 0.717) is 29.9 Å². The highest BCUT2D eigenvalue weighted by Crippen LogP contribution is 2.36. The molecule has 0 aliphatic carbocycles. The summed E-state index contributed by atoms with van der Waals surface area (Å²) in [6.07, 6.45) is 5.93. The molecule has 2 aromatic heterocycles. The molecule has 5 nitrogen and oxygen atoms in total. The van der Waals surface area contributed by atoms with Gasteiger partial charge in [0.2, 0.25) is 5.78 Å². The molecular weight excluding hydrogens is 520 g/mol. The van der Waals surface area contributed by atoms with Crippen molar-refractivity contribution in [1.82, 2.24) is 9.13 Å². The van der Waals surface area contributed by atoms with Crippen molar-refractivity contribution in [2.24, 2.45) is 0 Å². The highest BCUT2D eigenvalue weighted by Gasteiger charge is 2.23. The molecule has 5 heteroatoms. The molecule has 2 heterocycles. The summed E-state index contributed by atoms with van der Waals surface area (Å²) in [5.74, 6) is -0.972. The van der Waals surface area contributed by atoms with Crippen molar-refractivity contribution >= 4 is 28.7 Å². The highest BCUT2D eigenvalue weighted by molar-refractivity contribution is 6.09. The topological polar surface area (TPSA) is 64.2 Å². The van der Waals surface area contributed by atoms with Gasteiger partial charge >= 0.3 is 5.97 Å². The van der Waals surface area contributed by atoms with E-state index >= 15 is 0 Å². The number of rotatable bonds is 9. The van der Waals surface area contributed by atoms with E-state index in [9.17, 15) is 14.7 Å². The fourth-order valence-electron chi connectivity index (χ4n) is 5.48. The summed E-state index contributed by atoms with van der Waals surface area (Å²) in [5, 5.41) is 11.3. The van der Waals surface area contributed by atoms with Gasteiger partial charge in [-0.15, -0.1) is 0 Å². The molecule has 0 atom stereocenters. The van der Waals surface area contributed by atoms with Gasteiger partial charge in [-0.25, -0.2) is 4.79 Å². The van der Waals surface area contributed by atoms with Crippen LogP contribution in [0.1, 0.15) is 43.2 Å². The molecular formula is C37H30N2O3. The Balaban J connectivity index is 1.31. The van der Waals surface area contributed by atoms with Crippen molar-refractivity contribution in [3.8, 4) is 11.1 Å². The molecule has 0 spiro atoms. The third kappa shape index (κ3) is 5.32. The summed E-state index contributed by atoms with van der Waals surface area (Å²) in [7, 11) is 0. The van der Waals surface area contributed by atoms with Crippen molar-refractivity contribution in [3.05, 3.63) is 161 Å². The summed E-state index contributed by atoms with van der Waals surface area (Å²) in [6.45, 7) is 2.99. The number of ketones is 1. The molecule has 1 N–H and O–H groups in total. The summed E-state index contributed by atoms with van der Waals surface area (Å²) < 4.78 is 3.83. The fourth-order valence-corrected chi connectivity index (χ4v) is 5.48. The number of nitrogens with zero attached hydrogens (tertiary/aromatic N) is 2. The average molecular weight is 551 g/mol. The molecule has 0 amide bonds. The van der Waals surface area contributed by atoms with Crippen molar-refractivity contribution in [2.45, 2.75) is 20.0 Å². The Bertz CT molecular complexity index is 1930. The molecule has 0 aliphatic rings. The zero-order chi connectivity index (χ0) is 29.1. The van der Waals surface area contributed by atoms with Crippen LogP contribution < -0.4 is 0 Å². The summed E-state index contributed by atoms with van der Waals surface area (Å²) in [4.78, 5) is 25.8. The third-order valence-corrected chi connectivity index (χ3v) is 7.52. The number of fused-ring (bicyclic) bond motifs is 1. The summed E-state index contributed by atoms with van der Waals surface area (Å²) >= 11 is 0. The van der Waals surface area contributed by atoms with Crippen LogP contribution in [0.5, 0.6) is 0 Å². The largest absolute Gasteiger partial charge is 0.477 e. The number of aromatic carboxylic acids is 1. The number of aryl methyl sites for hydroxylation is 1. The van der Waals surface area contributed by atoms with Crippen LogP contribution in [0, 0.1) is 6.92 Å². The Hall–Kier alpha value is -5.42. The van der Waals surface area contributed by atoms with Crippen LogP contribution in [0.4, 0.5) is 0 Å². The highest BCUT2D eigenvalue weighted by atomic mass is 16.4. The van der Waals surface area contributed by atoms with Gasteiger partial charge in [-0.3, -0.25) is 4.79 Å². The molecule has 4 aromatic carbocycles. The molecule has 0 fully saturated rings. The minimum absolute atomic E-state index is 0.0107. The Kier molecular flexibility index (Phi) is 7.39. The van der Waals surface area contributed by atoms with Gasteiger partial charge in [0.25, 0.3) is 0 Å². The van der Waals surface area contributed by atoms with Crippen LogP contribution in [0.15, 0.2) is 128 Å². The number of hydrogen-bond acceptors (Lipinski definition) is 2. The van der Waals surface area contributed by atoms with Crippen LogP contribution >= 0.6 is 0 Å². The van der Waals surface area contributed by atoms with E-state index in [1.165, 1.54) is 0 Å². The lowest BCUT2D eigenvalue weighted by atomic mass is 9.99. The van der Waals surface area contributed by atoms with Gasteiger partial charge in [0.15, 0.2) is 0 Å². The minimum atomic E-state index is -0.962. The Morgan fingerprint density at radius 2 is 1.57 bits per heavy atom. The Morgan fingerprint density at radius 3 is 2.36 bits per heavy atom. The van der Waals surface area contributed by atoms with Crippen molar-refractivity contribution in [3.63, 3.8) is 0 Å². The molecule has 42 heavy (non-hydrogen) atoms. The van der Waals surface area contributed by atoms with Gasteiger partial charge in [0.05, 0.1) is 5.69 Å². The number of allylic oxidation sites excluding steroid dienone is 1. The predicted octanol–water partition coefficient (Wildman–Crippen LogP) is 8.11. The molecule has 0 saturated carbocycles. The number of carbonyl (C=O) groups is 2. The van der Waals surface area contributed by atoms with Crippen molar-refractivity contribution in [2.75, 3.05) is 0 Å². The molecule has 0 unspecified atom stereocenters. The van der Waals surface area contributed by atoms with Gasteiger partial charge < -0.3 is 14.2 Å². The van der Waals surface area contributed by atoms with Crippen LogP contribution in [-0.2, 0) is 13.1 Å². The molecule has 6 aromatic rings. The van der Waals surface area contributed by atoms with E-state index in [4.69, 9.17) is 0 Å². The first kappa shape index (κ1) is 26.8. The second kappa shape index (κ2) is 11.6. The number of para-hydroxylation sites is 1. The maximum atomic E-state index is 13.1. The second-order valence-corrected chi connectivity index (χ2v) is 10.4. The summed E-state index contributed by atoms with van der Waals surface area (Å²) in [5.41, 5.74) is 7.10. The monoisotopic (exact) mass is 550 g/mol. The van der Waals surface area contributed by atoms with Crippen molar-refractivity contribution in [1.29, 1.82) is 0 Å². The number of benzene rings is 4. The first-order valence-corrected chi connectivity index (χ1v) is 13.9. The molecule has 6 rings (SSSR count). The molecule has 0 bridgehead atoms. The molecule has 0 radical (unpaired) electrons. The van der Waals surface area contributed by atoms with Gasteiger partial charge in [-0.05, 0) is 47.9 Å². The van der Waals surface area contributed by atoms with E-state index in [-0.39, 0.29) is 11.5 Å². The maximum absolute atomic E-state index is 13.1. The number of carboxylic acid groups (broad SMARTS) is 1. The lowest BCUT2D eigenvalue weighted by Crippen LogP contribution is -2.10. The van der Waals surface area contributed by atoms with Crippen LogP contribution in [-0.4, -0.2) is 26.0 Å². The van der Waals surface area contributed by atoms with Gasteiger partial charge in [-0.1, -0.05) is 109 Å². The average Bonchev–Trinajstić information content (AvgIpc) is 3.61. The zero-order valence-electron chi connectivity index (χ0n) is 23.3. The lowest BCUT2D eigenvalue weighted by molar-refractivity contribution is 0.0687. The number of hydrogen-bond donors (Lipinski definition) is 1. The van der Waals surface area contributed by atoms with E-state index in [2.05, 4.69) is 0 Å². The summed E-state index contributed by atoms with van der Waals surface area (Å²) in [6, 6.07) is 37.0. The van der Waals surface area contributed by atoms with E-state index < -0.39 is 5.97 Å². The fraction of sp³-hybridized carbons (Fsp3) is 0.0811. The van der Waals surface area contributed by atoms with E-state index in [1.807, 2.05) is 150 Å². The quantitative estimate of drug-likeness (QED) is 0.185. The lowest BCUT2D eigenvalue weighted by Gasteiger charge is -2.10. The Labute approximate surface area is 244 Å². The van der Waals surface area contributed by atoms with Gasteiger partial charge in [-0.2, -0.15) is 0 Å². The molecule has 0 saturated heterocycles.